The molecule has 0 fully saturated rings. The number of benzene rings is 1. The van der Waals surface area contributed by atoms with Gasteiger partial charge in [0, 0.05) is 31.0 Å². The van der Waals surface area contributed by atoms with Gasteiger partial charge in [0.1, 0.15) is 21.5 Å². The standard InChI is InChI=1S/C12H18F2N2O2S/c1-16(5-6-19(2,17)18)12(8-15)10-7-9(13)3-4-11(10)14/h3-4,7,12H,5-6,8,15H2,1-2H3. The topological polar surface area (TPSA) is 63.4 Å². The van der Waals surface area contributed by atoms with Gasteiger partial charge in [-0.05, 0) is 25.2 Å². The lowest BCUT2D eigenvalue weighted by molar-refractivity contribution is 0.258. The first-order valence-electron chi connectivity index (χ1n) is 5.77. The van der Waals surface area contributed by atoms with E-state index in [2.05, 4.69) is 0 Å². The van der Waals surface area contributed by atoms with E-state index in [0.717, 1.165) is 24.5 Å². The largest absolute Gasteiger partial charge is 0.329 e. The second kappa shape index (κ2) is 6.40. The van der Waals surface area contributed by atoms with Crippen LogP contribution in [0.1, 0.15) is 11.6 Å². The molecule has 0 aromatic heterocycles. The van der Waals surface area contributed by atoms with Gasteiger partial charge < -0.3 is 5.73 Å². The van der Waals surface area contributed by atoms with Gasteiger partial charge in [0.15, 0.2) is 0 Å². The number of halogens is 2. The molecule has 1 aromatic carbocycles. The molecule has 0 heterocycles. The van der Waals surface area contributed by atoms with Crippen molar-refractivity contribution < 1.29 is 17.2 Å². The molecule has 0 saturated heterocycles. The summed E-state index contributed by atoms with van der Waals surface area (Å²) in [5.74, 6) is -1.16. The Morgan fingerprint density at radius 3 is 2.53 bits per heavy atom. The van der Waals surface area contributed by atoms with Crippen molar-refractivity contribution >= 4 is 9.84 Å². The smallest absolute Gasteiger partial charge is 0.148 e. The van der Waals surface area contributed by atoms with Gasteiger partial charge in [0.2, 0.25) is 0 Å². The van der Waals surface area contributed by atoms with Crippen LogP contribution in [-0.4, -0.2) is 45.5 Å². The SMILES string of the molecule is CN(CCS(C)(=O)=O)C(CN)c1cc(F)ccc1F. The summed E-state index contributed by atoms with van der Waals surface area (Å²) in [7, 11) is -1.48. The molecule has 0 aliphatic carbocycles. The number of nitrogens with two attached hydrogens (primary N) is 1. The van der Waals surface area contributed by atoms with Crippen LogP contribution in [0.2, 0.25) is 0 Å². The van der Waals surface area contributed by atoms with Gasteiger partial charge in [-0.1, -0.05) is 0 Å². The molecule has 7 heteroatoms. The molecule has 19 heavy (non-hydrogen) atoms. The minimum absolute atomic E-state index is 0.0586. The molecule has 0 saturated carbocycles. The zero-order valence-electron chi connectivity index (χ0n) is 10.9. The normalized spacial score (nSPS) is 13.8. The zero-order valence-corrected chi connectivity index (χ0v) is 11.8. The first-order valence-corrected chi connectivity index (χ1v) is 7.83. The van der Waals surface area contributed by atoms with Gasteiger partial charge in [0.05, 0.1) is 5.75 Å². The van der Waals surface area contributed by atoms with Crippen LogP contribution >= 0.6 is 0 Å². The van der Waals surface area contributed by atoms with E-state index in [1.165, 1.54) is 0 Å². The molecular formula is C12H18F2N2O2S. The number of sulfone groups is 1. The molecule has 0 spiro atoms. The third-order valence-electron chi connectivity index (χ3n) is 2.89. The molecule has 108 valence electrons. The Morgan fingerprint density at radius 1 is 1.37 bits per heavy atom. The van der Waals surface area contributed by atoms with E-state index in [-0.39, 0.29) is 24.4 Å². The highest BCUT2D eigenvalue weighted by atomic mass is 32.2. The molecule has 0 aliphatic heterocycles. The summed E-state index contributed by atoms with van der Waals surface area (Å²) in [5, 5.41) is 0. The maximum atomic E-state index is 13.7. The molecule has 0 radical (unpaired) electrons. The molecule has 0 amide bonds. The molecule has 2 N–H and O–H groups in total. The van der Waals surface area contributed by atoms with E-state index in [1.54, 1.807) is 11.9 Å². The van der Waals surface area contributed by atoms with Crippen LogP contribution in [0.4, 0.5) is 8.78 Å². The number of nitrogens with zero attached hydrogens (tertiary/aromatic N) is 1. The minimum atomic E-state index is -3.11. The third-order valence-corrected chi connectivity index (χ3v) is 3.81. The van der Waals surface area contributed by atoms with Gasteiger partial charge in [-0.3, -0.25) is 4.90 Å². The van der Waals surface area contributed by atoms with Crippen molar-refractivity contribution in [2.45, 2.75) is 6.04 Å². The Balaban J connectivity index is 2.90. The van der Waals surface area contributed by atoms with E-state index >= 15 is 0 Å². The van der Waals surface area contributed by atoms with Crippen LogP contribution in [-0.2, 0) is 9.84 Å². The average Bonchev–Trinajstić information content (AvgIpc) is 2.31. The fourth-order valence-electron chi connectivity index (χ4n) is 1.78. The van der Waals surface area contributed by atoms with Gasteiger partial charge in [-0.2, -0.15) is 0 Å². The monoisotopic (exact) mass is 292 g/mol. The number of hydrogen-bond acceptors (Lipinski definition) is 4. The van der Waals surface area contributed by atoms with E-state index in [0.29, 0.717) is 0 Å². The third kappa shape index (κ3) is 4.85. The van der Waals surface area contributed by atoms with Crippen molar-refractivity contribution in [2.24, 2.45) is 5.73 Å². The lowest BCUT2D eigenvalue weighted by Crippen LogP contribution is -2.34. The Hall–Kier alpha value is -1.05. The predicted molar refractivity (Wildman–Crippen MR) is 70.5 cm³/mol. The molecule has 1 unspecified atom stereocenters. The second-order valence-electron chi connectivity index (χ2n) is 4.53. The zero-order chi connectivity index (χ0) is 14.6. The highest BCUT2D eigenvalue weighted by Gasteiger charge is 2.20. The van der Waals surface area contributed by atoms with E-state index in [9.17, 15) is 17.2 Å². The Kier molecular flexibility index (Phi) is 5.39. The Morgan fingerprint density at radius 2 is 2.00 bits per heavy atom. The number of rotatable bonds is 6. The van der Waals surface area contributed by atoms with Crippen LogP contribution in [0.3, 0.4) is 0 Å². The van der Waals surface area contributed by atoms with Crippen molar-refractivity contribution in [3.8, 4) is 0 Å². The summed E-state index contributed by atoms with van der Waals surface area (Å²) < 4.78 is 49.1. The lowest BCUT2D eigenvalue weighted by Gasteiger charge is -2.27. The first kappa shape index (κ1) is 16.0. The lowest BCUT2D eigenvalue weighted by atomic mass is 10.0. The van der Waals surface area contributed by atoms with Gasteiger partial charge >= 0.3 is 0 Å². The van der Waals surface area contributed by atoms with Crippen molar-refractivity contribution in [3.63, 3.8) is 0 Å². The van der Waals surface area contributed by atoms with Gasteiger partial charge in [0.25, 0.3) is 0 Å². The van der Waals surface area contributed by atoms with Crippen LogP contribution in [0.15, 0.2) is 18.2 Å². The summed E-state index contributed by atoms with van der Waals surface area (Å²) in [6, 6.07) is 2.60. The van der Waals surface area contributed by atoms with Crippen LogP contribution in [0, 0.1) is 11.6 Å². The molecule has 0 bridgehead atoms. The van der Waals surface area contributed by atoms with Crippen LogP contribution < -0.4 is 5.73 Å². The summed E-state index contributed by atoms with van der Waals surface area (Å²) in [6.07, 6.45) is 1.13. The maximum absolute atomic E-state index is 13.7. The summed E-state index contributed by atoms with van der Waals surface area (Å²) in [5.41, 5.74) is 5.72. The van der Waals surface area contributed by atoms with Crippen LogP contribution in [0.5, 0.6) is 0 Å². The fraction of sp³-hybridized carbons (Fsp3) is 0.500. The molecular weight excluding hydrogens is 274 g/mol. The van der Waals surface area contributed by atoms with Gasteiger partial charge in [-0.25, -0.2) is 17.2 Å². The fourth-order valence-corrected chi connectivity index (χ4v) is 2.40. The van der Waals surface area contributed by atoms with Crippen molar-refractivity contribution in [2.75, 3.05) is 32.1 Å². The second-order valence-corrected chi connectivity index (χ2v) is 6.79. The summed E-state index contributed by atoms with van der Waals surface area (Å²) in [4.78, 5) is 1.61. The molecule has 1 aromatic rings. The summed E-state index contributed by atoms with van der Waals surface area (Å²) >= 11 is 0. The quantitative estimate of drug-likeness (QED) is 0.847. The van der Waals surface area contributed by atoms with Crippen LogP contribution in [0.25, 0.3) is 0 Å². The number of hydrogen-bond donors (Lipinski definition) is 1. The molecule has 0 aliphatic rings. The van der Waals surface area contributed by atoms with E-state index < -0.39 is 27.5 Å². The van der Waals surface area contributed by atoms with E-state index in [1.807, 2.05) is 0 Å². The van der Waals surface area contributed by atoms with Crippen molar-refractivity contribution in [1.82, 2.24) is 4.90 Å². The number of likely N-dealkylation sites (N-methyl/N-ethyl adjacent to an activating group) is 1. The van der Waals surface area contributed by atoms with Crippen molar-refractivity contribution in [1.29, 1.82) is 0 Å². The minimum Gasteiger partial charge on any atom is -0.329 e. The Labute approximate surface area is 112 Å². The summed E-state index contributed by atoms with van der Waals surface area (Å²) in [6.45, 7) is 0.275. The highest BCUT2D eigenvalue weighted by molar-refractivity contribution is 7.90. The van der Waals surface area contributed by atoms with Crippen molar-refractivity contribution in [3.05, 3.63) is 35.4 Å². The molecule has 1 rings (SSSR count). The predicted octanol–water partition coefficient (Wildman–Crippen LogP) is 0.941. The first-order chi connectivity index (χ1) is 8.74. The highest BCUT2D eigenvalue weighted by Crippen LogP contribution is 2.22. The van der Waals surface area contributed by atoms with E-state index in [4.69, 9.17) is 5.73 Å². The molecule has 4 nitrogen and oxygen atoms in total. The maximum Gasteiger partial charge on any atom is 0.148 e. The Bertz CT molecular complexity index is 535. The molecule has 1 atom stereocenters. The average molecular weight is 292 g/mol. The van der Waals surface area contributed by atoms with Gasteiger partial charge in [-0.15, -0.1) is 0 Å².